The first-order valence-corrected chi connectivity index (χ1v) is 4.08. The molecule has 0 atom stereocenters. The molecule has 0 bridgehead atoms. The van der Waals surface area contributed by atoms with E-state index in [9.17, 15) is 10.2 Å². The maximum atomic E-state index is 9.30. The van der Waals surface area contributed by atoms with Crippen LogP contribution in [0.15, 0.2) is 0 Å². The number of phenolic OH excluding ortho intramolecular Hbond substituents is 2. The topological polar surface area (TPSA) is 40.5 Å². The first kappa shape index (κ1) is 9.49. The smallest absolute Gasteiger partial charge is 0.162 e. The van der Waals surface area contributed by atoms with Crippen LogP contribution in [0.4, 0.5) is 0 Å². The summed E-state index contributed by atoms with van der Waals surface area (Å²) in [5, 5.41) is 19.2. The lowest BCUT2D eigenvalue weighted by Crippen LogP contribution is -1.85. The van der Waals surface area contributed by atoms with Gasteiger partial charge in [0.15, 0.2) is 11.5 Å². The SMILES string of the molecule is Cc1c(O)c(O)c(C)c(Cl)c1Cl. The number of aromatic hydroxyl groups is 2. The Hall–Kier alpha value is -0.600. The van der Waals surface area contributed by atoms with E-state index in [0.717, 1.165) is 0 Å². The summed E-state index contributed by atoms with van der Waals surface area (Å²) in [7, 11) is 0. The van der Waals surface area contributed by atoms with Crippen LogP contribution >= 0.6 is 23.2 Å². The normalized spacial score (nSPS) is 10.3. The van der Waals surface area contributed by atoms with E-state index in [1.807, 2.05) is 0 Å². The third-order valence-corrected chi connectivity index (χ3v) is 2.83. The third kappa shape index (κ3) is 1.21. The van der Waals surface area contributed by atoms with Crippen molar-refractivity contribution in [1.82, 2.24) is 0 Å². The average molecular weight is 207 g/mol. The molecule has 4 heteroatoms. The molecule has 0 saturated heterocycles. The Morgan fingerprint density at radius 3 is 1.33 bits per heavy atom. The van der Waals surface area contributed by atoms with Gasteiger partial charge < -0.3 is 10.2 Å². The first-order chi connectivity index (χ1) is 5.46. The van der Waals surface area contributed by atoms with Gasteiger partial charge in [-0.15, -0.1) is 0 Å². The van der Waals surface area contributed by atoms with Gasteiger partial charge in [-0.3, -0.25) is 0 Å². The summed E-state index contributed by atoms with van der Waals surface area (Å²) in [6, 6.07) is 0. The lowest BCUT2D eigenvalue weighted by Gasteiger charge is -2.09. The molecule has 0 radical (unpaired) electrons. The van der Waals surface area contributed by atoms with Gasteiger partial charge in [0.25, 0.3) is 0 Å². The van der Waals surface area contributed by atoms with E-state index in [4.69, 9.17) is 23.2 Å². The lowest BCUT2D eigenvalue weighted by molar-refractivity contribution is 0.398. The van der Waals surface area contributed by atoms with Gasteiger partial charge in [-0.1, -0.05) is 23.2 Å². The van der Waals surface area contributed by atoms with Crippen LogP contribution in [0, 0.1) is 13.8 Å². The van der Waals surface area contributed by atoms with Crippen LogP contribution < -0.4 is 0 Å². The predicted molar refractivity (Wildman–Crippen MR) is 49.3 cm³/mol. The van der Waals surface area contributed by atoms with Crippen molar-refractivity contribution >= 4 is 23.2 Å². The van der Waals surface area contributed by atoms with E-state index in [1.165, 1.54) is 0 Å². The minimum atomic E-state index is -0.207. The van der Waals surface area contributed by atoms with Crippen LogP contribution in [0.3, 0.4) is 0 Å². The van der Waals surface area contributed by atoms with Crippen molar-refractivity contribution < 1.29 is 10.2 Å². The minimum Gasteiger partial charge on any atom is -0.504 e. The zero-order valence-electron chi connectivity index (χ0n) is 6.65. The molecule has 0 spiro atoms. The van der Waals surface area contributed by atoms with Gasteiger partial charge in [-0.2, -0.15) is 0 Å². The Morgan fingerprint density at radius 1 is 0.833 bits per heavy atom. The first-order valence-electron chi connectivity index (χ1n) is 3.33. The summed E-state index contributed by atoms with van der Waals surface area (Å²) in [6.45, 7) is 3.17. The molecule has 0 aromatic heterocycles. The van der Waals surface area contributed by atoms with Gasteiger partial charge in [-0.25, -0.2) is 0 Å². The molecule has 0 unspecified atom stereocenters. The fourth-order valence-electron chi connectivity index (χ4n) is 0.892. The van der Waals surface area contributed by atoms with Crippen molar-refractivity contribution in [1.29, 1.82) is 0 Å². The van der Waals surface area contributed by atoms with Crippen LogP contribution in [0.1, 0.15) is 11.1 Å². The second-order valence-corrected chi connectivity index (χ2v) is 3.33. The molecule has 0 fully saturated rings. The van der Waals surface area contributed by atoms with Crippen LogP contribution in [0.5, 0.6) is 11.5 Å². The van der Waals surface area contributed by atoms with E-state index >= 15 is 0 Å². The molecular formula is C8H8Cl2O2. The Kier molecular flexibility index (Phi) is 2.40. The Bertz CT molecular complexity index is 229. The summed E-state index contributed by atoms with van der Waals surface area (Å²) in [6.07, 6.45) is 0. The number of rotatable bonds is 0. The Labute approximate surface area is 80.4 Å². The molecule has 0 aliphatic heterocycles. The van der Waals surface area contributed by atoms with E-state index in [1.54, 1.807) is 13.8 Å². The number of hydrogen-bond acceptors (Lipinski definition) is 2. The molecule has 0 saturated carbocycles. The van der Waals surface area contributed by atoms with Gasteiger partial charge >= 0.3 is 0 Å². The van der Waals surface area contributed by atoms with Crippen LogP contribution in [0.25, 0.3) is 0 Å². The van der Waals surface area contributed by atoms with Crippen molar-refractivity contribution in [2.24, 2.45) is 0 Å². The summed E-state index contributed by atoms with van der Waals surface area (Å²) in [4.78, 5) is 0. The number of benzene rings is 1. The molecule has 1 aromatic carbocycles. The van der Waals surface area contributed by atoms with Crippen LogP contribution in [-0.2, 0) is 0 Å². The number of halogens is 2. The van der Waals surface area contributed by atoms with Crippen molar-refractivity contribution in [3.05, 3.63) is 21.2 Å². The molecule has 66 valence electrons. The molecular weight excluding hydrogens is 199 g/mol. The zero-order chi connectivity index (χ0) is 9.46. The van der Waals surface area contributed by atoms with E-state index in [-0.39, 0.29) is 21.5 Å². The Morgan fingerprint density at radius 2 is 1.08 bits per heavy atom. The second-order valence-electron chi connectivity index (χ2n) is 2.58. The number of phenols is 2. The standard InChI is InChI=1S/C8H8Cl2O2/c1-3-5(9)6(10)4(2)8(12)7(3)11/h11-12H,1-2H3. The third-order valence-electron chi connectivity index (χ3n) is 1.79. The molecule has 0 amide bonds. The van der Waals surface area contributed by atoms with Crippen molar-refractivity contribution in [3.63, 3.8) is 0 Å². The molecule has 0 aliphatic carbocycles. The summed E-state index contributed by atoms with van der Waals surface area (Å²) in [5.74, 6) is -0.413. The summed E-state index contributed by atoms with van der Waals surface area (Å²) >= 11 is 11.5. The van der Waals surface area contributed by atoms with E-state index < -0.39 is 0 Å². The molecule has 2 N–H and O–H groups in total. The maximum Gasteiger partial charge on any atom is 0.162 e. The average Bonchev–Trinajstić information content (AvgIpc) is 2.08. The Balaban J connectivity index is 3.60. The monoisotopic (exact) mass is 206 g/mol. The highest BCUT2D eigenvalue weighted by atomic mass is 35.5. The van der Waals surface area contributed by atoms with E-state index in [2.05, 4.69) is 0 Å². The molecule has 0 aliphatic rings. The van der Waals surface area contributed by atoms with Gasteiger partial charge in [0.2, 0.25) is 0 Å². The van der Waals surface area contributed by atoms with E-state index in [0.29, 0.717) is 11.1 Å². The highest BCUT2D eigenvalue weighted by Gasteiger charge is 2.15. The summed E-state index contributed by atoms with van der Waals surface area (Å²) < 4.78 is 0. The lowest BCUT2D eigenvalue weighted by atomic mass is 10.1. The second kappa shape index (κ2) is 3.04. The largest absolute Gasteiger partial charge is 0.504 e. The summed E-state index contributed by atoms with van der Waals surface area (Å²) in [5.41, 5.74) is 0.787. The van der Waals surface area contributed by atoms with Crippen molar-refractivity contribution in [2.45, 2.75) is 13.8 Å². The molecule has 1 rings (SSSR count). The fourth-order valence-corrected chi connectivity index (χ4v) is 1.35. The highest BCUT2D eigenvalue weighted by molar-refractivity contribution is 6.43. The highest BCUT2D eigenvalue weighted by Crippen LogP contribution is 2.42. The quantitative estimate of drug-likeness (QED) is 0.642. The molecule has 12 heavy (non-hydrogen) atoms. The van der Waals surface area contributed by atoms with Gasteiger partial charge in [-0.05, 0) is 13.8 Å². The van der Waals surface area contributed by atoms with Crippen molar-refractivity contribution in [3.8, 4) is 11.5 Å². The predicted octanol–water partition coefficient (Wildman–Crippen LogP) is 3.02. The molecule has 2 nitrogen and oxygen atoms in total. The van der Waals surface area contributed by atoms with Crippen LogP contribution in [-0.4, -0.2) is 10.2 Å². The van der Waals surface area contributed by atoms with Crippen molar-refractivity contribution in [2.75, 3.05) is 0 Å². The minimum absolute atomic E-state index is 0.207. The maximum absolute atomic E-state index is 9.30. The fraction of sp³-hybridized carbons (Fsp3) is 0.250. The molecule has 1 aromatic rings. The zero-order valence-corrected chi connectivity index (χ0v) is 8.16. The number of hydrogen-bond donors (Lipinski definition) is 2. The van der Waals surface area contributed by atoms with Gasteiger partial charge in [0, 0.05) is 11.1 Å². The van der Waals surface area contributed by atoms with Crippen LogP contribution in [0.2, 0.25) is 10.0 Å². The molecule has 0 heterocycles. The van der Waals surface area contributed by atoms with Gasteiger partial charge in [0.1, 0.15) is 0 Å². The van der Waals surface area contributed by atoms with Gasteiger partial charge in [0.05, 0.1) is 10.0 Å².